The highest BCUT2D eigenvalue weighted by atomic mass is 16.4. The second-order valence-corrected chi connectivity index (χ2v) is 4.89. The Bertz CT molecular complexity index is 300. The smallest absolute Gasteiger partial charge is 0.325 e. The normalized spacial score (nSPS) is 20.1. The van der Waals surface area contributed by atoms with Gasteiger partial charge in [-0.05, 0) is 31.6 Å². The molecule has 5 heteroatoms. The van der Waals surface area contributed by atoms with Gasteiger partial charge in [-0.3, -0.25) is 4.79 Å². The van der Waals surface area contributed by atoms with Gasteiger partial charge in [0, 0.05) is 13.1 Å². The molecule has 0 unspecified atom stereocenters. The second-order valence-electron chi connectivity index (χ2n) is 4.89. The number of amides is 2. The molecule has 0 saturated carbocycles. The molecule has 1 rings (SSSR count). The van der Waals surface area contributed by atoms with E-state index in [2.05, 4.69) is 19.2 Å². The zero-order valence-corrected chi connectivity index (χ0v) is 10.8. The van der Waals surface area contributed by atoms with Gasteiger partial charge >= 0.3 is 12.0 Å². The number of carboxylic acid groups (broad SMARTS) is 1. The molecule has 1 atom stereocenters. The van der Waals surface area contributed by atoms with Crippen molar-refractivity contribution >= 4 is 12.0 Å². The SMILES string of the molecule is CCC1(CC)CCN(C(=O)N[C@@H](C)C(=O)O)C1. The number of carboxylic acids is 1. The Hall–Kier alpha value is -1.26. The van der Waals surface area contributed by atoms with E-state index in [1.165, 1.54) is 6.92 Å². The molecule has 0 aliphatic carbocycles. The van der Waals surface area contributed by atoms with E-state index in [4.69, 9.17) is 5.11 Å². The summed E-state index contributed by atoms with van der Waals surface area (Å²) in [5.74, 6) is -1.00. The van der Waals surface area contributed by atoms with Gasteiger partial charge in [-0.2, -0.15) is 0 Å². The van der Waals surface area contributed by atoms with E-state index in [9.17, 15) is 9.59 Å². The van der Waals surface area contributed by atoms with Gasteiger partial charge in [0.15, 0.2) is 0 Å². The van der Waals surface area contributed by atoms with Crippen molar-refractivity contribution in [2.24, 2.45) is 5.41 Å². The molecular weight excluding hydrogens is 220 g/mol. The van der Waals surface area contributed by atoms with Gasteiger partial charge in [-0.15, -0.1) is 0 Å². The summed E-state index contributed by atoms with van der Waals surface area (Å²) in [5.41, 5.74) is 0.226. The molecule has 2 amide bonds. The highest BCUT2D eigenvalue weighted by molar-refractivity contribution is 5.82. The van der Waals surface area contributed by atoms with Crippen molar-refractivity contribution < 1.29 is 14.7 Å². The van der Waals surface area contributed by atoms with Crippen LogP contribution in [-0.2, 0) is 4.79 Å². The van der Waals surface area contributed by atoms with Crippen LogP contribution in [0.15, 0.2) is 0 Å². The number of aliphatic carboxylic acids is 1. The number of hydrogen-bond acceptors (Lipinski definition) is 2. The van der Waals surface area contributed by atoms with Crippen molar-refractivity contribution in [1.82, 2.24) is 10.2 Å². The Morgan fingerprint density at radius 1 is 1.41 bits per heavy atom. The van der Waals surface area contributed by atoms with Gasteiger partial charge < -0.3 is 15.3 Å². The number of likely N-dealkylation sites (tertiary alicyclic amines) is 1. The highest BCUT2D eigenvalue weighted by Crippen LogP contribution is 2.36. The highest BCUT2D eigenvalue weighted by Gasteiger charge is 2.37. The van der Waals surface area contributed by atoms with E-state index in [1.807, 2.05) is 0 Å². The molecule has 1 heterocycles. The monoisotopic (exact) mass is 242 g/mol. The van der Waals surface area contributed by atoms with Crippen molar-refractivity contribution in [3.8, 4) is 0 Å². The van der Waals surface area contributed by atoms with Gasteiger partial charge in [0.05, 0.1) is 0 Å². The zero-order chi connectivity index (χ0) is 13.1. The molecule has 5 nitrogen and oxygen atoms in total. The van der Waals surface area contributed by atoms with Crippen molar-refractivity contribution in [1.29, 1.82) is 0 Å². The number of carbonyl (C=O) groups excluding carboxylic acids is 1. The summed E-state index contributed by atoms with van der Waals surface area (Å²) in [6, 6.07) is -1.09. The van der Waals surface area contributed by atoms with Crippen LogP contribution in [0.5, 0.6) is 0 Å². The third-order valence-electron chi connectivity index (χ3n) is 3.94. The molecular formula is C12H22N2O3. The summed E-state index contributed by atoms with van der Waals surface area (Å²) in [4.78, 5) is 24.2. The predicted molar refractivity (Wildman–Crippen MR) is 64.8 cm³/mol. The fourth-order valence-corrected chi connectivity index (χ4v) is 2.27. The lowest BCUT2D eigenvalue weighted by Crippen LogP contribution is -2.46. The summed E-state index contributed by atoms with van der Waals surface area (Å²) in [6.45, 7) is 7.22. The molecule has 0 aromatic carbocycles. The Morgan fingerprint density at radius 3 is 2.41 bits per heavy atom. The van der Waals surface area contributed by atoms with Crippen LogP contribution >= 0.6 is 0 Å². The number of urea groups is 1. The largest absolute Gasteiger partial charge is 0.480 e. The van der Waals surface area contributed by atoms with Crippen LogP contribution in [0.1, 0.15) is 40.0 Å². The van der Waals surface area contributed by atoms with Crippen LogP contribution in [0.2, 0.25) is 0 Å². The molecule has 2 N–H and O–H groups in total. The third kappa shape index (κ3) is 3.11. The molecule has 1 aliphatic heterocycles. The quantitative estimate of drug-likeness (QED) is 0.788. The molecule has 0 bridgehead atoms. The Balaban J connectivity index is 2.53. The standard InChI is InChI=1S/C12H22N2O3/c1-4-12(5-2)6-7-14(8-12)11(17)13-9(3)10(15)16/h9H,4-8H2,1-3H3,(H,13,17)(H,15,16)/t9-/m0/s1. The first-order valence-corrected chi connectivity index (χ1v) is 6.22. The van der Waals surface area contributed by atoms with E-state index >= 15 is 0 Å². The third-order valence-corrected chi connectivity index (χ3v) is 3.94. The maximum absolute atomic E-state index is 11.8. The molecule has 0 aromatic rings. The molecule has 1 fully saturated rings. The minimum absolute atomic E-state index is 0.226. The average molecular weight is 242 g/mol. The van der Waals surface area contributed by atoms with Crippen LogP contribution in [0.3, 0.4) is 0 Å². The number of nitrogens with one attached hydrogen (secondary N) is 1. The zero-order valence-electron chi connectivity index (χ0n) is 10.8. The second kappa shape index (κ2) is 5.38. The number of hydrogen-bond donors (Lipinski definition) is 2. The summed E-state index contributed by atoms with van der Waals surface area (Å²) in [5, 5.41) is 11.2. The first-order chi connectivity index (χ1) is 7.94. The number of rotatable bonds is 4. The van der Waals surface area contributed by atoms with Crippen LogP contribution in [-0.4, -0.2) is 41.1 Å². The minimum Gasteiger partial charge on any atom is -0.480 e. The van der Waals surface area contributed by atoms with E-state index in [-0.39, 0.29) is 11.4 Å². The first kappa shape index (κ1) is 13.8. The van der Waals surface area contributed by atoms with Crippen molar-refractivity contribution in [3.63, 3.8) is 0 Å². The predicted octanol–water partition coefficient (Wildman–Crippen LogP) is 1.68. The number of nitrogens with zero attached hydrogens (tertiary/aromatic N) is 1. The maximum atomic E-state index is 11.8. The average Bonchev–Trinajstić information content (AvgIpc) is 2.74. The Labute approximate surface area is 102 Å². The summed E-state index contributed by atoms with van der Waals surface area (Å²) < 4.78 is 0. The van der Waals surface area contributed by atoms with Gasteiger partial charge in [0.1, 0.15) is 6.04 Å². The summed E-state index contributed by atoms with van der Waals surface area (Å²) in [6.07, 6.45) is 3.12. The molecule has 98 valence electrons. The molecule has 0 spiro atoms. The molecule has 17 heavy (non-hydrogen) atoms. The van der Waals surface area contributed by atoms with Gasteiger partial charge in [-0.1, -0.05) is 13.8 Å². The van der Waals surface area contributed by atoms with Crippen molar-refractivity contribution in [3.05, 3.63) is 0 Å². The van der Waals surface area contributed by atoms with Gasteiger partial charge in [-0.25, -0.2) is 4.79 Å². The van der Waals surface area contributed by atoms with Crippen LogP contribution in [0.25, 0.3) is 0 Å². The lowest BCUT2D eigenvalue weighted by Gasteiger charge is -2.26. The fourth-order valence-electron chi connectivity index (χ4n) is 2.27. The molecule has 1 saturated heterocycles. The van der Waals surface area contributed by atoms with E-state index in [1.54, 1.807) is 4.90 Å². The minimum atomic E-state index is -1.00. The van der Waals surface area contributed by atoms with Crippen molar-refractivity contribution in [2.75, 3.05) is 13.1 Å². The van der Waals surface area contributed by atoms with Crippen LogP contribution < -0.4 is 5.32 Å². The Morgan fingerprint density at radius 2 is 2.00 bits per heavy atom. The van der Waals surface area contributed by atoms with E-state index in [0.29, 0.717) is 0 Å². The van der Waals surface area contributed by atoms with Gasteiger partial charge in [0.2, 0.25) is 0 Å². The summed E-state index contributed by atoms with van der Waals surface area (Å²) >= 11 is 0. The Kier molecular flexibility index (Phi) is 4.37. The molecule has 0 radical (unpaired) electrons. The maximum Gasteiger partial charge on any atom is 0.325 e. The van der Waals surface area contributed by atoms with Crippen LogP contribution in [0.4, 0.5) is 4.79 Å². The van der Waals surface area contributed by atoms with Crippen molar-refractivity contribution in [2.45, 2.75) is 46.1 Å². The van der Waals surface area contributed by atoms with E-state index in [0.717, 1.165) is 32.4 Å². The number of carbonyl (C=O) groups is 2. The lowest BCUT2D eigenvalue weighted by atomic mass is 9.82. The van der Waals surface area contributed by atoms with Gasteiger partial charge in [0.25, 0.3) is 0 Å². The lowest BCUT2D eigenvalue weighted by molar-refractivity contribution is -0.138. The van der Waals surface area contributed by atoms with Crippen LogP contribution in [0, 0.1) is 5.41 Å². The first-order valence-electron chi connectivity index (χ1n) is 6.22. The van der Waals surface area contributed by atoms with E-state index < -0.39 is 12.0 Å². The fraction of sp³-hybridized carbons (Fsp3) is 0.833. The topological polar surface area (TPSA) is 69.6 Å². The molecule has 0 aromatic heterocycles. The molecule has 1 aliphatic rings. The summed E-state index contributed by atoms with van der Waals surface area (Å²) in [7, 11) is 0.